The fourth-order valence-corrected chi connectivity index (χ4v) is 2.89. The first-order chi connectivity index (χ1) is 9.18. The Balaban J connectivity index is 1.71. The minimum atomic E-state index is 0.159. The summed E-state index contributed by atoms with van der Waals surface area (Å²) in [6, 6.07) is 11.1. The maximum atomic E-state index is 6.22. The van der Waals surface area contributed by atoms with Crippen LogP contribution < -0.4 is 5.73 Å². The maximum Gasteiger partial charge on any atom is 0.0702 e. The standard InChI is InChI=1S/C16H26N2O/c1-13-16(10-12-19-13)18(2)11-6-9-15(17)14-7-4-3-5-8-14/h3-5,7-8,13,15-16H,6,9-12,17H2,1-2H3. The van der Waals surface area contributed by atoms with E-state index in [0.29, 0.717) is 12.1 Å². The van der Waals surface area contributed by atoms with Gasteiger partial charge in [0.05, 0.1) is 6.10 Å². The van der Waals surface area contributed by atoms with E-state index in [0.717, 1.165) is 32.4 Å². The summed E-state index contributed by atoms with van der Waals surface area (Å²) in [5.74, 6) is 0. The van der Waals surface area contributed by atoms with Gasteiger partial charge in [-0.25, -0.2) is 0 Å². The molecule has 3 atom stereocenters. The number of nitrogens with zero attached hydrogens (tertiary/aromatic N) is 1. The number of likely N-dealkylation sites (N-methyl/N-ethyl adjacent to an activating group) is 1. The van der Waals surface area contributed by atoms with Gasteiger partial charge in [0.15, 0.2) is 0 Å². The third kappa shape index (κ3) is 4.03. The first kappa shape index (κ1) is 14.5. The Bertz CT molecular complexity index is 368. The highest BCUT2D eigenvalue weighted by atomic mass is 16.5. The summed E-state index contributed by atoms with van der Waals surface area (Å²) in [5.41, 5.74) is 7.46. The number of nitrogens with two attached hydrogens (primary N) is 1. The second kappa shape index (κ2) is 7.04. The number of hydrogen-bond donors (Lipinski definition) is 1. The van der Waals surface area contributed by atoms with E-state index in [9.17, 15) is 0 Å². The van der Waals surface area contributed by atoms with E-state index >= 15 is 0 Å². The molecule has 1 fully saturated rings. The largest absolute Gasteiger partial charge is 0.377 e. The molecule has 0 saturated carbocycles. The summed E-state index contributed by atoms with van der Waals surface area (Å²) in [6.07, 6.45) is 3.70. The number of rotatable bonds is 6. The van der Waals surface area contributed by atoms with Crippen LogP contribution in [0.3, 0.4) is 0 Å². The van der Waals surface area contributed by atoms with Crippen LogP contribution in [0, 0.1) is 0 Å². The Morgan fingerprint density at radius 1 is 1.37 bits per heavy atom. The van der Waals surface area contributed by atoms with Gasteiger partial charge in [-0.1, -0.05) is 30.3 Å². The van der Waals surface area contributed by atoms with Crippen molar-refractivity contribution in [1.82, 2.24) is 4.90 Å². The Morgan fingerprint density at radius 2 is 2.11 bits per heavy atom. The Morgan fingerprint density at radius 3 is 2.74 bits per heavy atom. The van der Waals surface area contributed by atoms with Gasteiger partial charge in [0.1, 0.15) is 0 Å². The van der Waals surface area contributed by atoms with Crippen LogP contribution in [0.1, 0.15) is 37.8 Å². The second-order valence-corrected chi connectivity index (χ2v) is 5.57. The minimum Gasteiger partial charge on any atom is -0.377 e. The van der Waals surface area contributed by atoms with Crippen LogP contribution in [0.5, 0.6) is 0 Å². The molecule has 106 valence electrons. The molecule has 0 aromatic heterocycles. The lowest BCUT2D eigenvalue weighted by Gasteiger charge is -2.26. The van der Waals surface area contributed by atoms with Crippen molar-refractivity contribution >= 4 is 0 Å². The third-order valence-electron chi connectivity index (χ3n) is 4.16. The van der Waals surface area contributed by atoms with Crippen LogP contribution in [0.2, 0.25) is 0 Å². The van der Waals surface area contributed by atoms with Gasteiger partial charge in [0.2, 0.25) is 0 Å². The normalized spacial score (nSPS) is 24.8. The minimum absolute atomic E-state index is 0.159. The fourth-order valence-electron chi connectivity index (χ4n) is 2.89. The summed E-state index contributed by atoms with van der Waals surface area (Å²) in [7, 11) is 2.20. The summed E-state index contributed by atoms with van der Waals surface area (Å²) < 4.78 is 5.62. The third-order valence-corrected chi connectivity index (χ3v) is 4.16. The molecule has 2 rings (SSSR count). The van der Waals surface area contributed by atoms with Gasteiger partial charge in [-0.05, 0) is 45.3 Å². The Kier molecular flexibility index (Phi) is 5.37. The van der Waals surface area contributed by atoms with Gasteiger partial charge in [-0.15, -0.1) is 0 Å². The molecule has 0 spiro atoms. The maximum absolute atomic E-state index is 6.22. The molecule has 1 aromatic carbocycles. The monoisotopic (exact) mass is 262 g/mol. The molecule has 1 aromatic rings. The smallest absolute Gasteiger partial charge is 0.0702 e. The van der Waals surface area contributed by atoms with Crippen molar-refractivity contribution in [3.63, 3.8) is 0 Å². The van der Waals surface area contributed by atoms with Gasteiger partial charge in [-0.3, -0.25) is 0 Å². The van der Waals surface area contributed by atoms with E-state index < -0.39 is 0 Å². The van der Waals surface area contributed by atoms with Crippen LogP contribution in [0.15, 0.2) is 30.3 Å². The molecule has 0 bridgehead atoms. The molecule has 2 N–H and O–H groups in total. The molecular formula is C16H26N2O. The van der Waals surface area contributed by atoms with Crippen LogP contribution in [-0.4, -0.2) is 37.2 Å². The van der Waals surface area contributed by atoms with Gasteiger partial charge in [0.25, 0.3) is 0 Å². The molecular weight excluding hydrogens is 236 g/mol. The van der Waals surface area contributed by atoms with Crippen molar-refractivity contribution in [2.75, 3.05) is 20.2 Å². The average Bonchev–Trinajstić information content (AvgIpc) is 2.86. The summed E-state index contributed by atoms with van der Waals surface area (Å²) in [5, 5.41) is 0. The van der Waals surface area contributed by atoms with Crippen LogP contribution >= 0.6 is 0 Å². The van der Waals surface area contributed by atoms with Crippen molar-refractivity contribution in [1.29, 1.82) is 0 Å². The Labute approximate surface area is 116 Å². The van der Waals surface area contributed by atoms with Crippen molar-refractivity contribution in [3.8, 4) is 0 Å². The quantitative estimate of drug-likeness (QED) is 0.856. The highest BCUT2D eigenvalue weighted by Gasteiger charge is 2.27. The first-order valence-corrected chi connectivity index (χ1v) is 7.31. The second-order valence-electron chi connectivity index (χ2n) is 5.57. The van der Waals surface area contributed by atoms with Crippen LogP contribution in [-0.2, 0) is 4.74 Å². The highest BCUT2D eigenvalue weighted by molar-refractivity contribution is 5.18. The van der Waals surface area contributed by atoms with E-state index in [2.05, 4.69) is 43.1 Å². The van der Waals surface area contributed by atoms with Crippen molar-refractivity contribution < 1.29 is 4.74 Å². The topological polar surface area (TPSA) is 38.5 Å². The zero-order valence-electron chi connectivity index (χ0n) is 12.1. The Hall–Kier alpha value is -0.900. The molecule has 0 radical (unpaired) electrons. The molecule has 1 aliphatic rings. The molecule has 0 amide bonds. The SMILES string of the molecule is CC1OCCC1N(C)CCCC(N)c1ccccc1. The molecule has 1 aliphatic heterocycles. The fraction of sp³-hybridized carbons (Fsp3) is 0.625. The van der Waals surface area contributed by atoms with Crippen molar-refractivity contribution in [3.05, 3.63) is 35.9 Å². The van der Waals surface area contributed by atoms with E-state index in [4.69, 9.17) is 10.5 Å². The molecule has 3 heteroatoms. The number of benzene rings is 1. The number of ether oxygens (including phenoxy) is 1. The highest BCUT2D eigenvalue weighted by Crippen LogP contribution is 2.20. The van der Waals surface area contributed by atoms with Crippen LogP contribution in [0.25, 0.3) is 0 Å². The lowest BCUT2D eigenvalue weighted by Crippen LogP contribution is -2.37. The zero-order chi connectivity index (χ0) is 13.7. The first-order valence-electron chi connectivity index (χ1n) is 7.31. The van der Waals surface area contributed by atoms with Crippen molar-refractivity contribution in [2.24, 2.45) is 5.73 Å². The van der Waals surface area contributed by atoms with Gasteiger partial charge in [-0.2, -0.15) is 0 Å². The van der Waals surface area contributed by atoms with Gasteiger partial charge >= 0.3 is 0 Å². The van der Waals surface area contributed by atoms with E-state index in [1.54, 1.807) is 0 Å². The molecule has 1 heterocycles. The van der Waals surface area contributed by atoms with E-state index in [1.165, 1.54) is 5.56 Å². The van der Waals surface area contributed by atoms with Crippen molar-refractivity contribution in [2.45, 2.75) is 44.4 Å². The van der Waals surface area contributed by atoms with E-state index in [1.807, 2.05) is 6.07 Å². The molecule has 3 unspecified atom stereocenters. The molecule has 19 heavy (non-hydrogen) atoms. The summed E-state index contributed by atoms with van der Waals surface area (Å²) in [4.78, 5) is 2.43. The van der Waals surface area contributed by atoms with E-state index in [-0.39, 0.29) is 6.04 Å². The van der Waals surface area contributed by atoms with Gasteiger partial charge in [0, 0.05) is 18.7 Å². The molecule has 1 saturated heterocycles. The lowest BCUT2D eigenvalue weighted by molar-refractivity contribution is 0.0830. The average molecular weight is 262 g/mol. The lowest BCUT2D eigenvalue weighted by atomic mass is 10.0. The van der Waals surface area contributed by atoms with Gasteiger partial charge < -0.3 is 15.4 Å². The van der Waals surface area contributed by atoms with Crippen LogP contribution in [0.4, 0.5) is 0 Å². The predicted octanol–water partition coefficient (Wildman–Crippen LogP) is 2.58. The molecule has 3 nitrogen and oxygen atoms in total. The molecule has 0 aliphatic carbocycles. The zero-order valence-corrected chi connectivity index (χ0v) is 12.1. The summed E-state index contributed by atoms with van der Waals surface area (Å²) >= 11 is 0. The summed E-state index contributed by atoms with van der Waals surface area (Å²) in [6.45, 7) is 4.17. The number of hydrogen-bond acceptors (Lipinski definition) is 3. The predicted molar refractivity (Wildman–Crippen MR) is 79.1 cm³/mol.